The monoisotopic (exact) mass is 485 g/mol. The summed E-state index contributed by atoms with van der Waals surface area (Å²) in [4.78, 5) is 25.7. The second kappa shape index (κ2) is 8.65. The van der Waals surface area contributed by atoms with E-state index in [1.165, 1.54) is 10.8 Å². The highest BCUT2D eigenvalue weighted by Gasteiger charge is 2.38. The molecule has 5 rings (SSSR count). The van der Waals surface area contributed by atoms with Crippen LogP contribution in [0.15, 0.2) is 17.1 Å². The van der Waals surface area contributed by atoms with Crippen LogP contribution >= 0.6 is 0 Å². The van der Waals surface area contributed by atoms with Gasteiger partial charge in [0, 0.05) is 31.4 Å². The van der Waals surface area contributed by atoms with Crippen LogP contribution in [-0.2, 0) is 10.1 Å². The first kappa shape index (κ1) is 23.6. The molecule has 0 amide bonds. The molecule has 3 aliphatic rings. The van der Waals surface area contributed by atoms with E-state index < -0.39 is 38.7 Å². The van der Waals surface area contributed by atoms with Crippen LogP contribution in [0, 0.1) is 17.6 Å². The molecule has 1 saturated carbocycles. The van der Waals surface area contributed by atoms with Crippen molar-refractivity contribution in [1.82, 2.24) is 9.88 Å². The molecule has 1 aromatic carbocycles. The lowest BCUT2D eigenvalue weighted by Gasteiger charge is -2.24. The highest BCUT2D eigenvalue weighted by atomic mass is 32.2. The number of aromatic nitrogens is 1. The molecule has 2 unspecified atom stereocenters. The lowest BCUT2D eigenvalue weighted by Crippen LogP contribution is -2.40. The quantitative estimate of drug-likeness (QED) is 0.563. The van der Waals surface area contributed by atoms with E-state index in [1.807, 2.05) is 0 Å². The molecular formula is C21H25F2N3O6S. The molecule has 0 bridgehead atoms. The van der Waals surface area contributed by atoms with Gasteiger partial charge in [-0.05, 0) is 44.2 Å². The van der Waals surface area contributed by atoms with E-state index in [9.17, 15) is 27.5 Å². The molecule has 1 aliphatic carbocycles. The van der Waals surface area contributed by atoms with Gasteiger partial charge >= 0.3 is 5.97 Å². The number of fused-ring (bicyclic) bond motifs is 2. The predicted octanol–water partition coefficient (Wildman–Crippen LogP) is 2.00. The van der Waals surface area contributed by atoms with E-state index in [-0.39, 0.29) is 28.7 Å². The fourth-order valence-corrected chi connectivity index (χ4v) is 4.74. The van der Waals surface area contributed by atoms with Crippen molar-refractivity contribution in [3.8, 4) is 0 Å². The number of hydrogen-bond acceptors (Lipinski definition) is 6. The van der Waals surface area contributed by atoms with E-state index in [0.29, 0.717) is 25.3 Å². The van der Waals surface area contributed by atoms with Crippen molar-refractivity contribution < 1.29 is 31.7 Å². The number of carbonyl (C=O) groups is 1. The smallest absolute Gasteiger partial charge is 0.341 e. The number of hydrogen-bond donors (Lipinski definition) is 3. The maximum absolute atomic E-state index is 15.6. The van der Waals surface area contributed by atoms with E-state index in [4.69, 9.17) is 4.55 Å². The topological polar surface area (TPSA) is 129 Å². The van der Waals surface area contributed by atoms with Gasteiger partial charge in [0.15, 0.2) is 5.82 Å². The zero-order valence-electron chi connectivity index (χ0n) is 17.9. The average molecular weight is 486 g/mol. The Morgan fingerprint density at radius 3 is 2.45 bits per heavy atom. The van der Waals surface area contributed by atoms with Gasteiger partial charge in [-0.25, -0.2) is 13.6 Å². The highest BCUT2D eigenvalue weighted by molar-refractivity contribution is 7.85. The summed E-state index contributed by atoms with van der Waals surface area (Å²) >= 11 is 0. The van der Waals surface area contributed by atoms with E-state index in [0.717, 1.165) is 38.3 Å². The molecule has 2 saturated heterocycles. The number of pyridine rings is 1. The number of benzene rings is 1. The van der Waals surface area contributed by atoms with E-state index in [2.05, 4.69) is 5.32 Å². The number of carboxylic acid groups (broad SMARTS) is 1. The summed E-state index contributed by atoms with van der Waals surface area (Å²) < 4.78 is 58.0. The Hall–Kier alpha value is -2.57. The van der Waals surface area contributed by atoms with Crippen molar-refractivity contribution in [3.05, 3.63) is 39.7 Å². The molecule has 3 N–H and O–H groups in total. The third-order valence-corrected chi connectivity index (χ3v) is 6.27. The van der Waals surface area contributed by atoms with Gasteiger partial charge in [-0.2, -0.15) is 8.42 Å². The van der Waals surface area contributed by atoms with E-state index >= 15 is 4.39 Å². The summed E-state index contributed by atoms with van der Waals surface area (Å²) in [6.45, 7) is 2.00. The Morgan fingerprint density at radius 2 is 1.88 bits per heavy atom. The lowest BCUT2D eigenvalue weighted by atomic mass is 9.94. The Bertz CT molecular complexity index is 1250. The molecular weight excluding hydrogens is 460 g/mol. The Morgan fingerprint density at radius 1 is 1.21 bits per heavy atom. The maximum atomic E-state index is 15.6. The van der Waals surface area contributed by atoms with Gasteiger partial charge in [-0.1, -0.05) is 0 Å². The average Bonchev–Trinajstić information content (AvgIpc) is 3.46. The second-order valence-corrected chi connectivity index (χ2v) is 10.3. The van der Waals surface area contributed by atoms with Gasteiger partial charge in [-0.15, -0.1) is 0 Å². The summed E-state index contributed by atoms with van der Waals surface area (Å²) in [6, 6.07) is 1.16. The van der Waals surface area contributed by atoms with Crippen LogP contribution in [0.5, 0.6) is 0 Å². The van der Waals surface area contributed by atoms with Crippen LogP contribution in [0.4, 0.5) is 14.5 Å². The third-order valence-electron chi connectivity index (χ3n) is 6.27. The van der Waals surface area contributed by atoms with Crippen LogP contribution in [-0.4, -0.2) is 60.5 Å². The number of rotatable bonds is 3. The Balaban J connectivity index is 0.000000471. The molecule has 0 radical (unpaired) electrons. The SMILES string of the molecule is CS(=O)(=O)O.O=C(O)c1cn(C2CC2)c2c(F)c(N3CC4CCCNC4C3)c(F)cc2c1=O. The second-order valence-electron chi connectivity index (χ2n) is 8.83. The van der Waals surface area contributed by atoms with Crippen molar-refractivity contribution in [1.29, 1.82) is 0 Å². The Kier molecular flexibility index (Phi) is 6.18. The molecule has 2 atom stereocenters. The van der Waals surface area contributed by atoms with Crippen LogP contribution < -0.4 is 15.6 Å². The predicted molar refractivity (Wildman–Crippen MR) is 118 cm³/mol. The largest absolute Gasteiger partial charge is 0.477 e. The maximum Gasteiger partial charge on any atom is 0.341 e. The van der Waals surface area contributed by atoms with Gasteiger partial charge in [0.2, 0.25) is 5.43 Å². The Labute approximate surface area is 188 Å². The van der Waals surface area contributed by atoms with Gasteiger partial charge in [-0.3, -0.25) is 9.35 Å². The van der Waals surface area contributed by atoms with Crippen molar-refractivity contribution >= 4 is 32.7 Å². The minimum absolute atomic E-state index is 0.0109. The number of anilines is 1. The first-order chi connectivity index (χ1) is 15.5. The van der Waals surface area contributed by atoms with Gasteiger partial charge in [0.1, 0.15) is 17.1 Å². The molecule has 12 heteroatoms. The number of nitrogens with zero attached hydrogens (tertiary/aromatic N) is 2. The molecule has 180 valence electrons. The molecule has 2 aliphatic heterocycles. The third kappa shape index (κ3) is 4.87. The van der Waals surface area contributed by atoms with Crippen LogP contribution in [0.1, 0.15) is 42.1 Å². The van der Waals surface area contributed by atoms with Crippen molar-refractivity contribution in [3.63, 3.8) is 0 Å². The molecule has 1 aromatic heterocycles. The minimum Gasteiger partial charge on any atom is -0.477 e. The van der Waals surface area contributed by atoms with Gasteiger partial charge in [0.25, 0.3) is 10.1 Å². The summed E-state index contributed by atoms with van der Waals surface area (Å²) in [5.41, 5.74) is -1.40. The van der Waals surface area contributed by atoms with Crippen molar-refractivity contribution in [2.75, 3.05) is 30.8 Å². The zero-order valence-corrected chi connectivity index (χ0v) is 18.7. The van der Waals surface area contributed by atoms with Crippen LogP contribution in [0.25, 0.3) is 10.9 Å². The fourth-order valence-electron chi connectivity index (χ4n) is 4.74. The minimum atomic E-state index is -3.67. The summed E-state index contributed by atoms with van der Waals surface area (Å²) in [7, 11) is -3.67. The standard InChI is InChI=1S/C20H21F2N3O3.CH4O3S/c21-14-6-12-17(25(11-3-4-11)8-13(19(12)26)20(27)28)16(22)18(14)24-7-10-2-1-5-23-15(10)9-24;1-5(2,3)4/h6,8,10-11,15,23H,1-5,7,9H2,(H,27,28);1H3,(H,2,3,4). The van der Waals surface area contributed by atoms with Crippen LogP contribution in [0.2, 0.25) is 0 Å². The van der Waals surface area contributed by atoms with Crippen molar-refractivity contribution in [2.24, 2.45) is 5.92 Å². The fraction of sp³-hybridized carbons (Fsp3) is 0.524. The van der Waals surface area contributed by atoms with Crippen LogP contribution in [0.3, 0.4) is 0 Å². The number of nitrogens with one attached hydrogen (secondary N) is 1. The first-order valence-electron chi connectivity index (χ1n) is 10.7. The lowest BCUT2D eigenvalue weighted by molar-refractivity contribution is 0.0694. The highest BCUT2D eigenvalue weighted by Crippen LogP contribution is 2.40. The molecule has 2 aromatic rings. The van der Waals surface area contributed by atoms with Gasteiger partial charge < -0.3 is 19.9 Å². The zero-order chi connectivity index (χ0) is 24.1. The van der Waals surface area contributed by atoms with Crippen molar-refractivity contribution in [2.45, 2.75) is 37.8 Å². The number of halogens is 2. The molecule has 3 fully saturated rings. The van der Waals surface area contributed by atoms with Gasteiger partial charge in [0.05, 0.1) is 17.2 Å². The first-order valence-corrected chi connectivity index (χ1v) is 12.5. The van der Waals surface area contributed by atoms with E-state index in [1.54, 1.807) is 4.90 Å². The molecule has 0 spiro atoms. The summed E-state index contributed by atoms with van der Waals surface area (Å²) in [5, 5.41) is 12.5. The summed E-state index contributed by atoms with van der Waals surface area (Å²) in [5.74, 6) is -2.62. The normalized spacial score (nSPS) is 22.6. The molecule has 33 heavy (non-hydrogen) atoms. The molecule has 3 heterocycles. The molecule has 9 nitrogen and oxygen atoms in total. The number of aromatic carboxylic acids is 1. The number of carboxylic acids is 1. The summed E-state index contributed by atoms with van der Waals surface area (Å²) in [6.07, 6.45) is 5.56. The number of piperidine rings is 1.